The third kappa shape index (κ3) is 4.30. The molecular weight excluding hydrogens is 348 g/mol. The zero-order valence-corrected chi connectivity index (χ0v) is 16.2. The predicted molar refractivity (Wildman–Crippen MR) is 109 cm³/mol. The minimum absolute atomic E-state index is 0.599. The van der Waals surface area contributed by atoms with E-state index >= 15 is 0 Å². The number of rotatable bonds is 3. The lowest BCUT2D eigenvalue weighted by Crippen LogP contribution is -2.53. The van der Waals surface area contributed by atoms with Gasteiger partial charge < -0.3 is 10.2 Å². The molecule has 0 amide bonds. The van der Waals surface area contributed by atoms with Gasteiger partial charge in [-0.1, -0.05) is 31.4 Å². The number of nitrogens with one attached hydrogen (secondary N) is 1. The molecule has 1 N–H and O–H groups in total. The maximum absolute atomic E-state index is 5.65. The highest BCUT2D eigenvalue weighted by molar-refractivity contribution is 7.80. The predicted octanol–water partition coefficient (Wildman–Crippen LogP) is 3.62. The molecule has 4 rings (SSSR count). The van der Waals surface area contributed by atoms with Crippen LogP contribution in [0.5, 0.6) is 0 Å². The van der Waals surface area contributed by atoms with Crippen LogP contribution in [0.25, 0.3) is 10.2 Å². The second kappa shape index (κ2) is 7.98. The lowest BCUT2D eigenvalue weighted by atomic mass is 9.96. The van der Waals surface area contributed by atoms with Crippen LogP contribution in [0.3, 0.4) is 0 Å². The smallest absolute Gasteiger partial charge is 0.169 e. The Hall–Kier alpha value is -1.24. The number of thiocarbonyl (C=S) groups is 1. The first-order valence-corrected chi connectivity index (χ1v) is 10.6. The van der Waals surface area contributed by atoms with E-state index in [1.54, 1.807) is 0 Å². The SMILES string of the molecule is S=C(NC1CCCCC1)N1CCN(Cc2nc3ccccc3s2)CC1. The fourth-order valence-electron chi connectivity index (χ4n) is 3.80. The molecule has 2 aliphatic rings. The summed E-state index contributed by atoms with van der Waals surface area (Å²) in [7, 11) is 0. The van der Waals surface area contributed by atoms with Crippen molar-refractivity contribution in [3.05, 3.63) is 29.3 Å². The van der Waals surface area contributed by atoms with E-state index in [-0.39, 0.29) is 0 Å². The molecule has 1 aromatic heterocycles. The first-order chi connectivity index (χ1) is 12.3. The van der Waals surface area contributed by atoms with Gasteiger partial charge in [-0.2, -0.15) is 0 Å². The van der Waals surface area contributed by atoms with Crippen LogP contribution in [-0.2, 0) is 6.54 Å². The number of thiazole rings is 1. The monoisotopic (exact) mass is 374 g/mol. The van der Waals surface area contributed by atoms with Crippen LogP contribution in [0.4, 0.5) is 0 Å². The summed E-state index contributed by atoms with van der Waals surface area (Å²) in [6, 6.07) is 9.00. The first-order valence-electron chi connectivity index (χ1n) is 9.40. The highest BCUT2D eigenvalue weighted by Gasteiger charge is 2.22. The van der Waals surface area contributed by atoms with Crippen molar-refractivity contribution in [2.45, 2.75) is 44.7 Å². The van der Waals surface area contributed by atoms with Crippen molar-refractivity contribution in [3.8, 4) is 0 Å². The van der Waals surface area contributed by atoms with Crippen molar-refractivity contribution < 1.29 is 0 Å². The van der Waals surface area contributed by atoms with Crippen LogP contribution in [0, 0.1) is 0 Å². The Labute approximate surface area is 159 Å². The summed E-state index contributed by atoms with van der Waals surface area (Å²) in [4.78, 5) is 9.61. The number of nitrogens with zero attached hydrogens (tertiary/aromatic N) is 3. The molecule has 0 spiro atoms. The summed E-state index contributed by atoms with van der Waals surface area (Å²) in [6.07, 6.45) is 6.62. The molecule has 1 saturated carbocycles. The molecule has 1 aromatic carbocycles. The fourth-order valence-corrected chi connectivity index (χ4v) is 5.16. The molecule has 0 bridgehead atoms. The molecule has 1 saturated heterocycles. The molecule has 2 aromatic rings. The maximum Gasteiger partial charge on any atom is 0.169 e. The van der Waals surface area contributed by atoms with Gasteiger partial charge in [-0.05, 0) is 37.2 Å². The van der Waals surface area contributed by atoms with Crippen LogP contribution in [0.15, 0.2) is 24.3 Å². The second-order valence-electron chi connectivity index (χ2n) is 7.12. The van der Waals surface area contributed by atoms with E-state index in [0.29, 0.717) is 6.04 Å². The average molecular weight is 375 g/mol. The zero-order valence-electron chi connectivity index (χ0n) is 14.6. The zero-order chi connectivity index (χ0) is 17.1. The van der Waals surface area contributed by atoms with Gasteiger partial charge in [0, 0.05) is 32.2 Å². The topological polar surface area (TPSA) is 31.4 Å². The minimum atomic E-state index is 0.599. The molecule has 0 radical (unpaired) electrons. The normalized spacial score (nSPS) is 20.1. The van der Waals surface area contributed by atoms with Crippen molar-refractivity contribution >= 4 is 38.9 Å². The Morgan fingerprint density at radius 1 is 1.12 bits per heavy atom. The maximum atomic E-state index is 5.65. The first kappa shape index (κ1) is 17.2. The van der Waals surface area contributed by atoms with E-state index in [1.807, 2.05) is 11.3 Å². The molecule has 0 unspecified atom stereocenters. The van der Waals surface area contributed by atoms with E-state index in [9.17, 15) is 0 Å². The lowest BCUT2D eigenvalue weighted by Gasteiger charge is -2.37. The summed E-state index contributed by atoms with van der Waals surface area (Å²) in [5.41, 5.74) is 1.12. The van der Waals surface area contributed by atoms with Gasteiger partial charge in [0.25, 0.3) is 0 Å². The molecule has 2 heterocycles. The lowest BCUT2D eigenvalue weighted by molar-refractivity contribution is 0.173. The third-order valence-electron chi connectivity index (χ3n) is 5.29. The van der Waals surface area contributed by atoms with Crippen LogP contribution in [0.1, 0.15) is 37.1 Å². The van der Waals surface area contributed by atoms with Crippen molar-refractivity contribution in [2.24, 2.45) is 0 Å². The standard InChI is InChI=1S/C19H26N4S2/c24-19(20-15-6-2-1-3-7-15)23-12-10-22(11-13-23)14-18-21-16-8-4-5-9-17(16)25-18/h4-5,8-9,15H,1-3,6-7,10-14H2,(H,20,24). The number of para-hydroxylation sites is 1. The Morgan fingerprint density at radius 3 is 2.64 bits per heavy atom. The van der Waals surface area contributed by atoms with E-state index in [1.165, 1.54) is 41.8 Å². The van der Waals surface area contributed by atoms with E-state index in [0.717, 1.165) is 43.4 Å². The highest BCUT2D eigenvalue weighted by atomic mass is 32.1. The van der Waals surface area contributed by atoms with Gasteiger partial charge in [0.05, 0.1) is 16.8 Å². The van der Waals surface area contributed by atoms with E-state index < -0.39 is 0 Å². The van der Waals surface area contributed by atoms with Gasteiger partial charge in [0.15, 0.2) is 5.11 Å². The molecule has 4 nitrogen and oxygen atoms in total. The summed E-state index contributed by atoms with van der Waals surface area (Å²) >= 11 is 7.47. The van der Waals surface area contributed by atoms with Gasteiger partial charge in [-0.3, -0.25) is 4.90 Å². The molecule has 25 heavy (non-hydrogen) atoms. The summed E-state index contributed by atoms with van der Waals surface area (Å²) in [5, 5.41) is 5.78. The van der Waals surface area contributed by atoms with Crippen LogP contribution < -0.4 is 5.32 Å². The Bertz CT molecular complexity index is 682. The molecule has 0 atom stereocenters. The summed E-state index contributed by atoms with van der Waals surface area (Å²) < 4.78 is 1.29. The Kier molecular flexibility index (Phi) is 5.48. The number of hydrogen-bond acceptors (Lipinski definition) is 4. The van der Waals surface area contributed by atoms with E-state index in [2.05, 4.69) is 39.4 Å². The third-order valence-corrected chi connectivity index (χ3v) is 6.69. The molecule has 1 aliphatic carbocycles. The second-order valence-corrected chi connectivity index (χ2v) is 8.62. The Morgan fingerprint density at radius 2 is 1.88 bits per heavy atom. The molecule has 1 aliphatic heterocycles. The summed E-state index contributed by atoms with van der Waals surface area (Å²) in [5.74, 6) is 0. The number of aromatic nitrogens is 1. The van der Waals surface area contributed by atoms with Crippen LogP contribution in [-0.4, -0.2) is 52.1 Å². The van der Waals surface area contributed by atoms with Gasteiger partial charge in [-0.25, -0.2) is 4.98 Å². The van der Waals surface area contributed by atoms with Gasteiger partial charge in [0.1, 0.15) is 5.01 Å². The average Bonchev–Trinajstić information content (AvgIpc) is 3.05. The molecule has 2 fully saturated rings. The van der Waals surface area contributed by atoms with Crippen LogP contribution >= 0.6 is 23.6 Å². The number of piperazine rings is 1. The van der Waals surface area contributed by atoms with E-state index in [4.69, 9.17) is 17.2 Å². The van der Waals surface area contributed by atoms with Crippen LogP contribution in [0.2, 0.25) is 0 Å². The fraction of sp³-hybridized carbons (Fsp3) is 0.579. The number of benzene rings is 1. The highest BCUT2D eigenvalue weighted by Crippen LogP contribution is 2.23. The largest absolute Gasteiger partial charge is 0.360 e. The molecular formula is C19H26N4S2. The van der Waals surface area contributed by atoms with Gasteiger partial charge in [-0.15, -0.1) is 11.3 Å². The van der Waals surface area contributed by atoms with Gasteiger partial charge in [0.2, 0.25) is 0 Å². The number of fused-ring (bicyclic) bond motifs is 1. The molecule has 6 heteroatoms. The van der Waals surface area contributed by atoms with Crippen molar-refractivity contribution in [3.63, 3.8) is 0 Å². The molecule has 134 valence electrons. The summed E-state index contributed by atoms with van der Waals surface area (Å²) in [6.45, 7) is 5.10. The minimum Gasteiger partial charge on any atom is -0.360 e. The van der Waals surface area contributed by atoms with Crippen molar-refractivity contribution in [1.82, 2.24) is 20.1 Å². The van der Waals surface area contributed by atoms with Crippen molar-refractivity contribution in [2.75, 3.05) is 26.2 Å². The quantitative estimate of drug-likeness (QED) is 0.830. The Balaban J connectivity index is 1.26. The van der Waals surface area contributed by atoms with Gasteiger partial charge >= 0.3 is 0 Å². The number of hydrogen-bond donors (Lipinski definition) is 1. The van der Waals surface area contributed by atoms with Crippen molar-refractivity contribution in [1.29, 1.82) is 0 Å².